The molecule has 1 heterocycles. The van der Waals surface area contributed by atoms with E-state index in [4.69, 9.17) is 5.73 Å². The zero-order valence-corrected chi connectivity index (χ0v) is 10.8. The van der Waals surface area contributed by atoms with Gasteiger partial charge in [0.05, 0.1) is 0 Å². The van der Waals surface area contributed by atoms with E-state index in [2.05, 4.69) is 41.2 Å². The van der Waals surface area contributed by atoms with Crippen LogP contribution in [0, 0.1) is 0 Å². The first-order valence-corrected chi connectivity index (χ1v) is 6.10. The number of likely N-dealkylation sites (N-methyl/N-ethyl adjacent to an activating group) is 1. The maximum Gasteiger partial charge on any atom is 0.136 e. The molecule has 1 aliphatic rings. The van der Waals surface area contributed by atoms with E-state index in [1.54, 1.807) is 6.07 Å². The Bertz CT molecular complexity index is 386. The molecule has 17 heavy (non-hydrogen) atoms. The molecule has 1 aliphatic carbocycles. The highest BCUT2D eigenvalue weighted by Gasteiger charge is 2.27. The van der Waals surface area contributed by atoms with Gasteiger partial charge in [-0.25, -0.2) is 9.97 Å². The molecule has 5 nitrogen and oxygen atoms in total. The standard InChI is InChI=1S/C12H21N5/c1-8(7-17(2)3)14-11-6-10(13)15-12(16-11)9-4-5-9/h6,8-9H,4-5,7H2,1-3H3,(H3,13,14,15,16). The van der Waals surface area contributed by atoms with E-state index in [0.717, 1.165) is 18.2 Å². The Morgan fingerprint density at radius 2 is 2.18 bits per heavy atom. The number of nitrogens with two attached hydrogens (primary N) is 1. The van der Waals surface area contributed by atoms with Crippen molar-refractivity contribution < 1.29 is 0 Å². The van der Waals surface area contributed by atoms with Crippen molar-refractivity contribution in [3.05, 3.63) is 11.9 Å². The van der Waals surface area contributed by atoms with Crippen LogP contribution in [0.1, 0.15) is 31.5 Å². The number of anilines is 2. The minimum Gasteiger partial charge on any atom is -0.384 e. The molecule has 1 fully saturated rings. The van der Waals surface area contributed by atoms with Crippen molar-refractivity contribution in [2.24, 2.45) is 0 Å². The number of hydrogen-bond acceptors (Lipinski definition) is 5. The molecule has 1 unspecified atom stereocenters. The van der Waals surface area contributed by atoms with E-state index in [-0.39, 0.29) is 0 Å². The third-order valence-electron chi connectivity index (χ3n) is 2.74. The van der Waals surface area contributed by atoms with E-state index in [0.29, 0.717) is 17.8 Å². The molecule has 1 aromatic heterocycles. The van der Waals surface area contributed by atoms with Gasteiger partial charge in [-0.1, -0.05) is 0 Å². The number of hydrogen-bond donors (Lipinski definition) is 2. The van der Waals surface area contributed by atoms with Gasteiger partial charge in [0.1, 0.15) is 17.5 Å². The number of rotatable bonds is 5. The molecule has 0 aliphatic heterocycles. The fourth-order valence-electron chi connectivity index (χ4n) is 1.93. The van der Waals surface area contributed by atoms with Crippen LogP contribution in [0.3, 0.4) is 0 Å². The molecule has 1 atom stereocenters. The Morgan fingerprint density at radius 3 is 2.76 bits per heavy atom. The van der Waals surface area contributed by atoms with Gasteiger partial charge in [-0.05, 0) is 33.9 Å². The van der Waals surface area contributed by atoms with Crippen LogP contribution in [-0.2, 0) is 0 Å². The molecule has 1 saturated carbocycles. The van der Waals surface area contributed by atoms with Crippen molar-refractivity contribution in [1.82, 2.24) is 14.9 Å². The summed E-state index contributed by atoms with van der Waals surface area (Å²) in [7, 11) is 4.12. The normalized spacial score (nSPS) is 17.2. The molecule has 3 N–H and O–H groups in total. The van der Waals surface area contributed by atoms with Crippen LogP contribution in [0.15, 0.2) is 6.07 Å². The van der Waals surface area contributed by atoms with Gasteiger partial charge in [0.25, 0.3) is 0 Å². The molecule has 0 amide bonds. The first-order valence-electron chi connectivity index (χ1n) is 6.10. The Kier molecular flexibility index (Phi) is 3.47. The van der Waals surface area contributed by atoms with Gasteiger partial charge in [-0.15, -0.1) is 0 Å². The van der Waals surface area contributed by atoms with Gasteiger partial charge < -0.3 is 16.0 Å². The zero-order valence-electron chi connectivity index (χ0n) is 10.8. The predicted octanol–water partition coefficient (Wildman–Crippen LogP) is 1.30. The molecule has 94 valence electrons. The molecular formula is C12H21N5. The van der Waals surface area contributed by atoms with Gasteiger partial charge in [0.15, 0.2) is 0 Å². The van der Waals surface area contributed by atoms with Crippen molar-refractivity contribution in [1.29, 1.82) is 0 Å². The van der Waals surface area contributed by atoms with Gasteiger partial charge in [0.2, 0.25) is 0 Å². The van der Waals surface area contributed by atoms with E-state index in [1.165, 1.54) is 12.8 Å². The number of nitrogens with zero attached hydrogens (tertiary/aromatic N) is 3. The van der Waals surface area contributed by atoms with Crippen LogP contribution < -0.4 is 11.1 Å². The van der Waals surface area contributed by atoms with E-state index >= 15 is 0 Å². The van der Waals surface area contributed by atoms with E-state index in [1.807, 2.05) is 0 Å². The summed E-state index contributed by atoms with van der Waals surface area (Å²) in [5, 5.41) is 3.36. The van der Waals surface area contributed by atoms with Crippen LogP contribution >= 0.6 is 0 Å². The summed E-state index contributed by atoms with van der Waals surface area (Å²) >= 11 is 0. The monoisotopic (exact) mass is 235 g/mol. The average molecular weight is 235 g/mol. The zero-order chi connectivity index (χ0) is 12.4. The van der Waals surface area contributed by atoms with Crippen LogP contribution in [0.2, 0.25) is 0 Å². The number of aromatic nitrogens is 2. The molecular weight excluding hydrogens is 214 g/mol. The summed E-state index contributed by atoms with van der Waals surface area (Å²) in [5.74, 6) is 2.82. The lowest BCUT2D eigenvalue weighted by molar-refractivity contribution is 0.392. The highest BCUT2D eigenvalue weighted by Crippen LogP contribution is 2.38. The summed E-state index contributed by atoms with van der Waals surface area (Å²) < 4.78 is 0. The van der Waals surface area contributed by atoms with Crippen molar-refractivity contribution in [3.8, 4) is 0 Å². The summed E-state index contributed by atoms with van der Waals surface area (Å²) in [6, 6.07) is 2.14. The molecule has 0 saturated heterocycles. The second kappa shape index (κ2) is 4.87. The minimum atomic E-state index is 0.339. The first-order chi connectivity index (χ1) is 8.04. The van der Waals surface area contributed by atoms with Crippen molar-refractivity contribution in [2.75, 3.05) is 31.7 Å². The highest BCUT2D eigenvalue weighted by molar-refractivity contribution is 5.45. The summed E-state index contributed by atoms with van der Waals surface area (Å²) in [6.45, 7) is 3.10. The highest BCUT2D eigenvalue weighted by atomic mass is 15.1. The Morgan fingerprint density at radius 1 is 1.47 bits per heavy atom. The largest absolute Gasteiger partial charge is 0.384 e. The third-order valence-corrected chi connectivity index (χ3v) is 2.74. The Balaban J connectivity index is 2.04. The molecule has 0 bridgehead atoms. The quantitative estimate of drug-likeness (QED) is 0.805. The molecule has 0 radical (unpaired) electrons. The lowest BCUT2D eigenvalue weighted by Crippen LogP contribution is -2.30. The third kappa shape index (κ3) is 3.56. The van der Waals surface area contributed by atoms with E-state index in [9.17, 15) is 0 Å². The molecule has 5 heteroatoms. The van der Waals surface area contributed by atoms with Gasteiger partial charge in [-0.2, -0.15) is 0 Å². The topological polar surface area (TPSA) is 67.1 Å². The second-order valence-electron chi connectivity index (χ2n) is 5.12. The average Bonchev–Trinajstić information content (AvgIpc) is 2.97. The second-order valence-corrected chi connectivity index (χ2v) is 5.12. The Hall–Kier alpha value is -1.36. The van der Waals surface area contributed by atoms with Crippen molar-refractivity contribution in [3.63, 3.8) is 0 Å². The van der Waals surface area contributed by atoms with Crippen LogP contribution in [0.5, 0.6) is 0 Å². The van der Waals surface area contributed by atoms with Gasteiger partial charge >= 0.3 is 0 Å². The van der Waals surface area contributed by atoms with Crippen LogP contribution in [-0.4, -0.2) is 41.5 Å². The smallest absolute Gasteiger partial charge is 0.136 e. The first kappa shape index (κ1) is 12.1. The maximum atomic E-state index is 5.80. The van der Waals surface area contributed by atoms with Crippen molar-refractivity contribution in [2.45, 2.75) is 31.7 Å². The lowest BCUT2D eigenvalue weighted by atomic mass is 10.3. The van der Waals surface area contributed by atoms with Crippen LogP contribution in [0.25, 0.3) is 0 Å². The lowest BCUT2D eigenvalue weighted by Gasteiger charge is -2.19. The molecule has 0 spiro atoms. The van der Waals surface area contributed by atoms with Gasteiger partial charge in [0, 0.05) is 24.6 Å². The Labute approximate surface area is 102 Å². The van der Waals surface area contributed by atoms with Crippen LogP contribution in [0.4, 0.5) is 11.6 Å². The summed E-state index contributed by atoms with van der Waals surface area (Å²) in [4.78, 5) is 10.9. The summed E-state index contributed by atoms with van der Waals surface area (Å²) in [6.07, 6.45) is 2.38. The van der Waals surface area contributed by atoms with Crippen molar-refractivity contribution >= 4 is 11.6 Å². The minimum absolute atomic E-state index is 0.339. The maximum absolute atomic E-state index is 5.80. The number of nitrogen functional groups attached to an aromatic ring is 1. The molecule has 2 rings (SSSR count). The number of nitrogens with one attached hydrogen (secondary N) is 1. The predicted molar refractivity (Wildman–Crippen MR) is 70.1 cm³/mol. The van der Waals surface area contributed by atoms with Gasteiger partial charge in [-0.3, -0.25) is 0 Å². The fraction of sp³-hybridized carbons (Fsp3) is 0.667. The summed E-state index contributed by atoms with van der Waals surface area (Å²) in [5.41, 5.74) is 5.80. The fourth-order valence-corrected chi connectivity index (χ4v) is 1.93. The van der Waals surface area contributed by atoms with E-state index < -0.39 is 0 Å². The molecule has 1 aromatic rings. The molecule has 0 aromatic carbocycles. The SMILES string of the molecule is CC(CN(C)C)Nc1cc(N)nc(C2CC2)n1.